The van der Waals surface area contributed by atoms with Crippen LogP contribution in [-0.2, 0) is 0 Å². The molecule has 0 unspecified atom stereocenters. The monoisotopic (exact) mass is 240 g/mol. The molecule has 2 N–H and O–H groups in total. The Balaban J connectivity index is 2.35. The van der Waals surface area contributed by atoms with E-state index in [4.69, 9.17) is 10.2 Å². The Labute approximate surface area is 102 Å². The van der Waals surface area contributed by atoms with Crippen LogP contribution in [0.2, 0.25) is 0 Å². The highest BCUT2D eigenvalue weighted by Gasteiger charge is 2.31. The van der Waals surface area contributed by atoms with Crippen LogP contribution in [0.15, 0.2) is 36.4 Å². The quantitative estimate of drug-likeness (QED) is 0.722. The maximum atomic E-state index is 11.2. The molecule has 0 radical (unpaired) electrons. The summed E-state index contributed by atoms with van der Waals surface area (Å²) in [5, 5.41) is 18.3. The Hall–Kier alpha value is -2.62. The van der Waals surface area contributed by atoms with E-state index in [-0.39, 0.29) is 11.1 Å². The second kappa shape index (κ2) is 3.43. The van der Waals surface area contributed by atoms with Gasteiger partial charge >= 0.3 is 11.9 Å². The third kappa shape index (κ3) is 1.20. The lowest BCUT2D eigenvalue weighted by Gasteiger charge is -2.27. The summed E-state index contributed by atoms with van der Waals surface area (Å²) >= 11 is 0. The van der Waals surface area contributed by atoms with E-state index in [1.54, 1.807) is 24.3 Å². The molecule has 18 heavy (non-hydrogen) atoms. The van der Waals surface area contributed by atoms with Crippen molar-refractivity contribution >= 4 is 11.9 Å². The number of carboxylic acid groups (broad SMARTS) is 2. The molecule has 0 bridgehead atoms. The van der Waals surface area contributed by atoms with Crippen LogP contribution in [0, 0.1) is 0 Å². The number of hydrogen-bond acceptors (Lipinski definition) is 2. The van der Waals surface area contributed by atoms with Crippen LogP contribution in [0.5, 0.6) is 0 Å². The molecule has 2 aromatic carbocycles. The van der Waals surface area contributed by atoms with E-state index in [2.05, 4.69) is 0 Å². The molecule has 0 fully saturated rings. The van der Waals surface area contributed by atoms with Gasteiger partial charge in [-0.3, -0.25) is 0 Å². The van der Waals surface area contributed by atoms with Gasteiger partial charge in [-0.25, -0.2) is 9.59 Å². The lowest BCUT2D eigenvalue weighted by molar-refractivity contribution is 0.0682. The molecule has 2 aromatic rings. The lowest BCUT2D eigenvalue weighted by Crippen LogP contribution is -2.12. The zero-order chi connectivity index (χ0) is 12.9. The molecule has 0 heterocycles. The van der Waals surface area contributed by atoms with E-state index in [1.165, 1.54) is 12.1 Å². The standard InChI is InChI=1S/C14H8O4/c15-13(16)9-5-6-10(14(17)18)12-8-4-2-1-3-7(8)11(9)12/h1-6H,(H,15,16)(H,17,18). The van der Waals surface area contributed by atoms with Crippen molar-refractivity contribution in [2.75, 3.05) is 0 Å². The predicted octanol–water partition coefficient (Wildman–Crippen LogP) is 2.73. The number of hydrogen-bond donors (Lipinski definition) is 2. The van der Waals surface area contributed by atoms with Crippen LogP contribution in [0.25, 0.3) is 22.3 Å². The Morgan fingerprint density at radius 2 is 1.11 bits per heavy atom. The topological polar surface area (TPSA) is 74.6 Å². The predicted molar refractivity (Wildman–Crippen MR) is 64.8 cm³/mol. The number of rotatable bonds is 2. The highest BCUT2D eigenvalue weighted by Crippen LogP contribution is 2.50. The van der Waals surface area contributed by atoms with Crippen LogP contribution < -0.4 is 0 Å². The average Bonchev–Trinajstić information content (AvgIpc) is 2.33. The van der Waals surface area contributed by atoms with Crippen molar-refractivity contribution in [1.82, 2.24) is 0 Å². The van der Waals surface area contributed by atoms with Gasteiger partial charge in [0.05, 0.1) is 11.1 Å². The largest absolute Gasteiger partial charge is 0.478 e. The van der Waals surface area contributed by atoms with Crippen LogP contribution in [0.4, 0.5) is 0 Å². The molecule has 4 nitrogen and oxygen atoms in total. The van der Waals surface area contributed by atoms with Crippen LogP contribution in [0.1, 0.15) is 20.7 Å². The summed E-state index contributed by atoms with van der Waals surface area (Å²) in [4.78, 5) is 22.3. The molecule has 0 aliphatic heterocycles. The fraction of sp³-hybridized carbons (Fsp3) is 0. The number of carboxylic acids is 2. The van der Waals surface area contributed by atoms with Crippen molar-refractivity contribution in [3.8, 4) is 22.3 Å². The first kappa shape index (κ1) is 10.5. The number of aromatic carboxylic acids is 2. The van der Waals surface area contributed by atoms with Gasteiger partial charge in [-0.05, 0) is 23.3 Å². The van der Waals surface area contributed by atoms with Crippen molar-refractivity contribution in [2.45, 2.75) is 0 Å². The molecule has 0 saturated carbocycles. The zero-order valence-corrected chi connectivity index (χ0v) is 9.18. The molecule has 0 atom stereocenters. The van der Waals surface area contributed by atoms with Gasteiger partial charge in [-0.2, -0.15) is 0 Å². The van der Waals surface area contributed by atoms with Gasteiger partial charge in [-0.15, -0.1) is 0 Å². The highest BCUT2D eigenvalue weighted by atomic mass is 16.4. The summed E-state index contributed by atoms with van der Waals surface area (Å²) in [6.45, 7) is 0. The molecule has 1 aliphatic rings. The molecule has 4 heteroatoms. The van der Waals surface area contributed by atoms with Crippen molar-refractivity contribution in [3.05, 3.63) is 47.5 Å². The minimum Gasteiger partial charge on any atom is -0.478 e. The molecular formula is C14H8O4. The lowest BCUT2D eigenvalue weighted by atomic mass is 9.75. The maximum absolute atomic E-state index is 11.2. The maximum Gasteiger partial charge on any atom is 0.336 e. The molecule has 0 saturated heterocycles. The van der Waals surface area contributed by atoms with Crippen molar-refractivity contribution in [1.29, 1.82) is 0 Å². The third-order valence-corrected chi connectivity index (χ3v) is 3.13. The average molecular weight is 240 g/mol. The van der Waals surface area contributed by atoms with E-state index >= 15 is 0 Å². The van der Waals surface area contributed by atoms with Crippen molar-refractivity contribution < 1.29 is 19.8 Å². The van der Waals surface area contributed by atoms with E-state index in [0.717, 1.165) is 11.1 Å². The van der Waals surface area contributed by atoms with E-state index in [1.807, 2.05) is 0 Å². The summed E-state index contributed by atoms with van der Waals surface area (Å²) in [5.74, 6) is -2.09. The van der Waals surface area contributed by atoms with Gasteiger partial charge in [0.1, 0.15) is 0 Å². The summed E-state index contributed by atoms with van der Waals surface area (Å²) in [5.41, 5.74) is 2.94. The molecule has 0 amide bonds. The fourth-order valence-corrected chi connectivity index (χ4v) is 2.38. The van der Waals surface area contributed by atoms with Gasteiger partial charge in [0, 0.05) is 11.1 Å². The molecule has 88 valence electrons. The van der Waals surface area contributed by atoms with Gasteiger partial charge in [-0.1, -0.05) is 24.3 Å². The van der Waals surface area contributed by atoms with E-state index < -0.39 is 11.9 Å². The number of carbonyl (C=O) groups is 2. The number of benzene rings is 2. The van der Waals surface area contributed by atoms with E-state index in [0.29, 0.717) is 11.1 Å². The van der Waals surface area contributed by atoms with Crippen molar-refractivity contribution in [3.63, 3.8) is 0 Å². The second-order valence-electron chi connectivity index (χ2n) is 4.07. The normalized spacial score (nSPS) is 11.1. The molecule has 0 spiro atoms. The molecule has 1 aliphatic carbocycles. The van der Waals surface area contributed by atoms with Gasteiger partial charge in [0.15, 0.2) is 0 Å². The Morgan fingerprint density at radius 3 is 1.44 bits per heavy atom. The van der Waals surface area contributed by atoms with E-state index in [9.17, 15) is 9.59 Å². The SMILES string of the molecule is O=C(O)c1ccc(C(=O)O)c2c1-c1ccccc1-2. The third-order valence-electron chi connectivity index (χ3n) is 3.13. The van der Waals surface area contributed by atoms with Crippen LogP contribution in [-0.4, -0.2) is 22.2 Å². The molecule has 3 rings (SSSR count). The van der Waals surface area contributed by atoms with Crippen LogP contribution >= 0.6 is 0 Å². The number of fused-ring (bicyclic) bond motifs is 4. The first-order chi connectivity index (χ1) is 8.61. The first-order valence-electron chi connectivity index (χ1n) is 5.34. The summed E-state index contributed by atoms with van der Waals surface area (Å²) in [6.07, 6.45) is 0. The van der Waals surface area contributed by atoms with Gasteiger partial charge < -0.3 is 10.2 Å². The van der Waals surface area contributed by atoms with Gasteiger partial charge in [0.25, 0.3) is 0 Å². The summed E-state index contributed by atoms with van der Waals surface area (Å²) in [7, 11) is 0. The van der Waals surface area contributed by atoms with Crippen molar-refractivity contribution in [2.24, 2.45) is 0 Å². The summed E-state index contributed by atoms with van der Waals surface area (Å²) < 4.78 is 0. The smallest absolute Gasteiger partial charge is 0.336 e. The Bertz CT molecular complexity index is 641. The highest BCUT2D eigenvalue weighted by molar-refractivity contribution is 6.16. The minimum atomic E-state index is -1.04. The minimum absolute atomic E-state index is 0.147. The van der Waals surface area contributed by atoms with Crippen LogP contribution in [0.3, 0.4) is 0 Å². The molecule has 0 aromatic heterocycles. The molecular weight excluding hydrogens is 232 g/mol. The Kier molecular flexibility index (Phi) is 2.01. The Morgan fingerprint density at radius 1 is 0.722 bits per heavy atom. The second-order valence-corrected chi connectivity index (χ2v) is 4.07. The van der Waals surface area contributed by atoms with Gasteiger partial charge in [0.2, 0.25) is 0 Å². The first-order valence-corrected chi connectivity index (χ1v) is 5.34. The zero-order valence-electron chi connectivity index (χ0n) is 9.18. The summed E-state index contributed by atoms with van der Waals surface area (Å²) in [6, 6.07) is 9.91. The fourth-order valence-electron chi connectivity index (χ4n) is 2.38.